The summed E-state index contributed by atoms with van der Waals surface area (Å²) in [7, 11) is 2.04. The van der Waals surface area contributed by atoms with Crippen LogP contribution in [0.3, 0.4) is 0 Å². The topological polar surface area (TPSA) is 99.0 Å². The van der Waals surface area contributed by atoms with Gasteiger partial charge in [0.2, 0.25) is 10.0 Å². The zero-order valence-electron chi connectivity index (χ0n) is 18.1. The molecule has 2 aromatic rings. The molecule has 1 fully saturated rings. The Morgan fingerprint density at radius 2 is 1.74 bits per heavy atom. The molecule has 1 heterocycles. The molecule has 0 radical (unpaired) electrons. The lowest BCUT2D eigenvalue weighted by Gasteiger charge is -2.31. The Kier molecular flexibility index (Phi) is 7.26. The number of nitro benzene ring substituents is 1. The van der Waals surface area contributed by atoms with Gasteiger partial charge in [0.05, 0.1) is 15.9 Å². The van der Waals surface area contributed by atoms with Crippen LogP contribution in [0.15, 0.2) is 53.4 Å². The first-order valence-corrected chi connectivity index (χ1v) is 11.6. The number of nitro groups is 1. The van der Waals surface area contributed by atoms with Crippen molar-refractivity contribution in [1.29, 1.82) is 0 Å². The van der Waals surface area contributed by atoms with Gasteiger partial charge < -0.3 is 15.1 Å². The molecule has 9 nitrogen and oxygen atoms in total. The van der Waals surface area contributed by atoms with E-state index in [9.17, 15) is 18.5 Å². The second-order valence-electron chi connectivity index (χ2n) is 7.91. The van der Waals surface area contributed by atoms with Gasteiger partial charge in [-0.25, -0.2) is 8.42 Å². The summed E-state index contributed by atoms with van der Waals surface area (Å²) in [4.78, 5) is 15.2. The van der Waals surface area contributed by atoms with Crippen molar-refractivity contribution in [3.63, 3.8) is 0 Å². The van der Waals surface area contributed by atoms with Gasteiger partial charge >= 0.3 is 0 Å². The summed E-state index contributed by atoms with van der Waals surface area (Å²) in [6.45, 7) is 2.43. The summed E-state index contributed by atoms with van der Waals surface area (Å²) < 4.78 is 27.3. The van der Waals surface area contributed by atoms with Crippen molar-refractivity contribution in [2.45, 2.75) is 10.9 Å². The molecule has 3 rings (SSSR count). The normalized spacial score (nSPS) is 16.9. The first kappa shape index (κ1) is 23.1. The minimum Gasteiger partial charge on any atom is -0.378 e. The van der Waals surface area contributed by atoms with E-state index >= 15 is 0 Å². The maximum Gasteiger partial charge on any atom is 0.293 e. The molecule has 31 heavy (non-hydrogen) atoms. The second-order valence-corrected chi connectivity index (χ2v) is 9.85. The third-order valence-electron chi connectivity index (χ3n) is 5.56. The number of hydrogen-bond acceptors (Lipinski definition) is 7. The number of likely N-dealkylation sites (N-methyl/N-ethyl adjacent to an activating group) is 2. The van der Waals surface area contributed by atoms with Crippen LogP contribution >= 0.6 is 0 Å². The molecule has 0 unspecified atom stereocenters. The summed E-state index contributed by atoms with van der Waals surface area (Å²) in [6.07, 6.45) is 0. The zero-order chi connectivity index (χ0) is 22.6. The van der Waals surface area contributed by atoms with Crippen LogP contribution in [0, 0.1) is 10.1 Å². The number of anilines is 1. The molecule has 1 aliphatic rings. The van der Waals surface area contributed by atoms with E-state index < -0.39 is 14.9 Å². The molecule has 0 bridgehead atoms. The fourth-order valence-electron chi connectivity index (χ4n) is 3.63. The molecule has 2 aromatic carbocycles. The molecule has 10 heteroatoms. The van der Waals surface area contributed by atoms with E-state index in [2.05, 4.69) is 10.2 Å². The molecule has 0 amide bonds. The van der Waals surface area contributed by atoms with E-state index in [1.165, 1.54) is 16.4 Å². The van der Waals surface area contributed by atoms with Crippen LogP contribution in [0.5, 0.6) is 0 Å². The van der Waals surface area contributed by atoms with Crippen LogP contribution in [-0.2, 0) is 10.0 Å². The molecule has 168 valence electrons. The molecule has 0 saturated carbocycles. The van der Waals surface area contributed by atoms with E-state index in [1.807, 2.05) is 56.4 Å². The number of piperazine rings is 1. The van der Waals surface area contributed by atoms with Gasteiger partial charge in [-0.15, -0.1) is 0 Å². The summed E-state index contributed by atoms with van der Waals surface area (Å²) in [5.74, 6) is 0. The van der Waals surface area contributed by atoms with E-state index in [4.69, 9.17) is 0 Å². The third kappa shape index (κ3) is 5.40. The first-order valence-electron chi connectivity index (χ1n) is 10.1. The van der Waals surface area contributed by atoms with Crippen molar-refractivity contribution < 1.29 is 13.3 Å². The molecule has 0 spiro atoms. The standard InChI is InChI=1S/C21H29N5O4S/c1-23(2)21(17-7-5-4-6-8-17)16-22-19-10-9-18(15-20(19)26(27)28)31(29,30)25-13-11-24(3)12-14-25/h4-10,15,21-22H,11-14,16H2,1-3H3/t21-/m0/s1. The second kappa shape index (κ2) is 9.73. The Bertz CT molecular complexity index is 1010. The average molecular weight is 448 g/mol. The Balaban J connectivity index is 1.83. The van der Waals surface area contributed by atoms with E-state index in [0.29, 0.717) is 38.4 Å². The van der Waals surface area contributed by atoms with E-state index in [1.54, 1.807) is 0 Å². The maximum atomic E-state index is 13.0. The van der Waals surface area contributed by atoms with Crippen molar-refractivity contribution in [1.82, 2.24) is 14.1 Å². The van der Waals surface area contributed by atoms with E-state index in [-0.39, 0.29) is 16.6 Å². The van der Waals surface area contributed by atoms with Crippen molar-refractivity contribution in [3.8, 4) is 0 Å². The molecule has 1 aliphatic heterocycles. The van der Waals surface area contributed by atoms with Crippen LogP contribution in [0.25, 0.3) is 0 Å². The van der Waals surface area contributed by atoms with Gasteiger partial charge in [0.1, 0.15) is 5.69 Å². The van der Waals surface area contributed by atoms with Crippen molar-refractivity contribution in [2.24, 2.45) is 0 Å². The van der Waals surface area contributed by atoms with Crippen LogP contribution < -0.4 is 5.32 Å². The van der Waals surface area contributed by atoms with Gasteiger partial charge in [-0.2, -0.15) is 4.31 Å². The summed E-state index contributed by atoms with van der Waals surface area (Å²) in [6, 6.07) is 13.9. The zero-order valence-corrected chi connectivity index (χ0v) is 18.9. The lowest BCUT2D eigenvalue weighted by molar-refractivity contribution is -0.384. The van der Waals surface area contributed by atoms with Gasteiger partial charge in [-0.05, 0) is 38.8 Å². The Labute approximate surface area is 183 Å². The Morgan fingerprint density at radius 3 is 2.32 bits per heavy atom. The molecule has 1 N–H and O–H groups in total. The fraction of sp³-hybridized carbons (Fsp3) is 0.429. The average Bonchev–Trinajstić information content (AvgIpc) is 2.74. The summed E-state index contributed by atoms with van der Waals surface area (Å²) in [5, 5.41) is 14.8. The lowest BCUT2D eigenvalue weighted by atomic mass is 10.1. The van der Waals surface area contributed by atoms with Gasteiger partial charge in [-0.1, -0.05) is 30.3 Å². The van der Waals surface area contributed by atoms with Gasteiger partial charge in [-0.3, -0.25) is 10.1 Å². The molecular weight excluding hydrogens is 418 g/mol. The molecule has 0 aromatic heterocycles. The number of nitrogens with zero attached hydrogens (tertiary/aromatic N) is 4. The quantitative estimate of drug-likeness (QED) is 0.489. The van der Waals surface area contributed by atoms with Crippen molar-refractivity contribution >= 4 is 21.4 Å². The lowest BCUT2D eigenvalue weighted by Crippen LogP contribution is -2.47. The van der Waals surface area contributed by atoms with Gasteiger partial charge in [0.25, 0.3) is 5.69 Å². The number of nitrogens with one attached hydrogen (secondary N) is 1. The van der Waals surface area contributed by atoms with Gasteiger partial charge in [0, 0.05) is 38.8 Å². The molecule has 1 atom stereocenters. The Morgan fingerprint density at radius 1 is 1.10 bits per heavy atom. The Hall–Kier alpha value is -2.53. The number of rotatable bonds is 8. The number of benzene rings is 2. The monoisotopic (exact) mass is 447 g/mol. The predicted octanol–water partition coefficient (Wildman–Crippen LogP) is 2.25. The summed E-state index contributed by atoms with van der Waals surface area (Å²) >= 11 is 0. The first-order chi connectivity index (χ1) is 14.7. The van der Waals surface area contributed by atoms with E-state index in [0.717, 1.165) is 11.6 Å². The minimum absolute atomic E-state index is 0.00504. The SMILES string of the molecule is CN1CCN(S(=O)(=O)c2ccc(NC[C@@H](c3ccccc3)N(C)C)c([N+](=O)[O-])c2)CC1. The third-order valence-corrected chi connectivity index (χ3v) is 7.45. The van der Waals surface area contributed by atoms with Crippen LogP contribution in [0.4, 0.5) is 11.4 Å². The van der Waals surface area contributed by atoms with Crippen LogP contribution in [-0.4, -0.2) is 81.3 Å². The number of hydrogen-bond donors (Lipinski definition) is 1. The van der Waals surface area contributed by atoms with Crippen molar-refractivity contribution in [2.75, 3.05) is 59.2 Å². The highest BCUT2D eigenvalue weighted by Gasteiger charge is 2.30. The van der Waals surface area contributed by atoms with Crippen LogP contribution in [0.2, 0.25) is 0 Å². The molecule has 1 saturated heterocycles. The fourth-order valence-corrected chi connectivity index (χ4v) is 5.07. The highest BCUT2D eigenvalue weighted by atomic mass is 32.2. The van der Waals surface area contributed by atoms with Crippen molar-refractivity contribution in [3.05, 3.63) is 64.2 Å². The summed E-state index contributed by atoms with van der Waals surface area (Å²) in [5.41, 5.74) is 1.13. The number of sulfonamides is 1. The largest absolute Gasteiger partial charge is 0.378 e. The smallest absolute Gasteiger partial charge is 0.293 e. The predicted molar refractivity (Wildman–Crippen MR) is 121 cm³/mol. The highest BCUT2D eigenvalue weighted by Crippen LogP contribution is 2.30. The van der Waals surface area contributed by atoms with Crippen LogP contribution in [0.1, 0.15) is 11.6 Å². The minimum atomic E-state index is -3.78. The molecular formula is C21H29N5O4S. The highest BCUT2D eigenvalue weighted by molar-refractivity contribution is 7.89. The molecule has 0 aliphatic carbocycles. The van der Waals surface area contributed by atoms with Gasteiger partial charge in [0.15, 0.2) is 0 Å². The maximum absolute atomic E-state index is 13.0.